The van der Waals surface area contributed by atoms with Crippen molar-refractivity contribution in [2.24, 2.45) is 0 Å². The number of anilines is 2. The lowest BCUT2D eigenvalue weighted by Crippen LogP contribution is -2.21. The van der Waals surface area contributed by atoms with Crippen molar-refractivity contribution >= 4 is 40.5 Å². The summed E-state index contributed by atoms with van der Waals surface area (Å²) in [4.78, 5) is 35.6. The van der Waals surface area contributed by atoms with E-state index in [0.29, 0.717) is 34.6 Å². The van der Waals surface area contributed by atoms with Crippen LogP contribution in [0.1, 0.15) is 27.0 Å². The zero-order chi connectivity index (χ0) is 24.1. The van der Waals surface area contributed by atoms with Crippen molar-refractivity contribution in [1.82, 2.24) is 5.32 Å². The maximum Gasteiger partial charge on any atom is 0.337 e. The van der Waals surface area contributed by atoms with Crippen molar-refractivity contribution in [1.29, 1.82) is 0 Å². The Kier molecular flexibility index (Phi) is 6.70. The van der Waals surface area contributed by atoms with E-state index in [1.807, 2.05) is 54.6 Å². The summed E-state index contributed by atoms with van der Waals surface area (Å²) in [7, 11) is 1.31. The second kappa shape index (κ2) is 10.0. The van der Waals surface area contributed by atoms with E-state index in [0.717, 1.165) is 16.8 Å². The van der Waals surface area contributed by atoms with Gasteiger partial charge in [0.2, 0.25) is 0 Å². The van der Waals surface area contributed by atoms with Crippen molar-refractivity contribution in [3.63, 3.8) is 0 Å². The van der Waals surface area contributed by atoms with Crippen LogP contribution in [0.25, 0.3) is 11.3 Å². The molecule has 1 heterocycles. The number of rotatable bonds is 8. The third kappa shape index (κ3) is 4.97. The topological polar surface area (TPSA) is 117 Å². The minimum absolute atomic E-state index is 0.115. The maximum atomic E-state index is 13.0. The lowest BCUT2D eigenvalue weighted by Gasteiger charge is -2.15. The number of nitrogens with one attached hydrogen (secondary N) is 3. The Morgan fingerprint density at radius 1 is 0.971 bits per heavy atom. The molecule has 0 saturated carbocycles. The van der Waals surface area contributed by atoms with Crippen LogP contribution < -0.4 is 16.0 Å². The Morgan fingerprint density at radius 3 is 2.38 bits per heavy atom. The largest absolute Gasteiger partial charge is 0.480 e. The van der Waals surface area contributed by atoms with Gasteiger partial charge < -0.3 is 25.8 Å². The van der Waals surface area contributed by atoms with E-state index in [4.69, 9.17) is 9.84 Å². The van der Waals surface area contributed by atoms with Gasteiger partial charge in [-0.1, -0.05) is 48.5 Å². The van der Waals surface area contributed by atoms with E-state index in [1.54, 1.807) is 18.2 Å². The van der Waals surface area contributed by atoms with Gasteiger partial charge in [0.25, 0.3) is 5.91 Å². The summed E-state index contributed by atoms with van der Waals surface area (Å²) in [5, 5.41) is 17.8. The third-order valence-corrected chi connectivity index (χ3v) is 5.33. The molecule has 0 radical (unpaired) electrons. The number of carboxylic acids is 1. The number of hydrogen-bond donors (Lipinski definition) is 4. The minimum Gasteiger partial charge on any atom is -0.480 e. The maximum absolute atomic E-state index is 13.0. The van der Waals surface area contributed by atoms with E-state index in [1.165, 1.54) is 7.11 Å². The molecule has 3 aromatic rings. The molecule has 8 nitrogen and oxygen atoms in total. The number of esters is 1. The number of benzene rings is 3. The lowest BCUT2D eigenvalue weighted by molar-refractivity contribution is -0.136. The first kappa shape index (κ1) is 22.8. The first-order chi connectivity index (χ1) is 16.5. The van der Waals surface area contributed by atoms with Gasteiger partial charge in [0.1, 0.15) is 0 Å². The summed E-state index contributed by atoms with van der Waals surface area (Å²) in [5.74, 6) is -1.67. The minimum atomic E-state index is -0.911. The van der Waals surface area contributed by atoms with Crippen LogP contribution in [0.4, 0.5) is 11.4 Å². The molecule has 0 saturated heterocycles. The van der Waals surface area contributed by atoms with Gasteiger partial charge in [-0.25, -0.2) is 4.79 Å². The Bertz CT molecular complexity index is 1270. The molecular weight excluding hydrogens is 434 g/mol. The molecule has 0 atom stereocenters. The molecule has 4 rings (SSSR count). The van der Waals surface area contributed by atoms with Crippen LogP contribution in [0.15, 0.2) is 72.8 Å². The van der Waals surface area contributed by atoms with Crippen molar-refractivity contribution in [2.45, 2.75) is 6.54 Å². The molecule has 3 aromatic carbocycles. The van der Waals surface area contributed by atoms with Crippen LogP contribution in [-0.2, 0) is 20.9 Å². The third-order valence-electron chi connectivity index (χ3n) is 5.33. The number of fused-ring (bicyclic) bond motifs is 1. The van der Waals surface area contributed by atoms with Gasteiger partial charge in [0.05, 0.1) is 36.2 Å². The van der Waals surface area contributed by atoms with Gasteiger partial charge in [-0.3, -0.25) is 9.59 Å². The van der Waals surface area contributed by atoms with Gasteiger partial charge >= 0.3 is 11.9 Å². The van der Waals surface area contributed by atoms with Crippen LogP contribution in [0.2, 0.25) is 0 Å². The highest BCUT2D eigenvalue weighted by atomic mass is 16.5. The van der Waals surface area contributed by atoms with Gasteiger partial charge in [0, 0.05) is 17.8 Å². The van der Waals surface area contributed by atoms with Crippen molar-refractivity contribution in [2.75, 3.05) is 24.3 Å². The zero-order valence-electron chi connectivity index (χ0n) is 18.4. The lowest BCUT2D eigenvalue weighted by atomic mass is 9.99. The normalized spacial score (nSPS) is 13.6. The molecule has 0 unspecified atom stereocenters. The molecular formula is C26H23N3O5. The average Bonchev–Trinajstić information content (AvgIpc) is 3.18. The van der Waals surface area contributed by atoms with Gasteiger partial charge in [0.15, 0.2) is 0 Å². The predicted molar refractivity (Wildman–Crippen MR) is 129 cm³/mol. The summed E-state index contributed by atoms with van der Waals surface area (Å²) in [6, 6.07) is 22.0. The van der Waals surface area contributed by atoms with Crippen LogP contribution >= 0.6 is 0 Å². The molecule has 0 aromatic heterocycles. The molecule has 4 N–H and O–H groups in total. The Balaban J connectivity index is 1.69. The van der Waals surface area contributed by atoms with Crippen LogP contribution in [0, 0.1) is 0 Å². The summed E-state index contributed by atoms with van der Waals surface area (Å²) in [6.45, 7) is 0.313. The number of hydrogen-bond acceptors (Lipinski definition) is 6. The molecule has 8 heteroatoms. The summed E-state index contributed by atoms with van der Waals surface area (Å²) in [5.41, 5.74) is 5.18. The Labute approximate surface area is 196 Å². The molecule has 0 bridgehead atoms. The highest BCUT2D eigenvalue weighted by Gasteiger charge is 2.29. The van der Waals surface area contributed by atoms with Crippen LogP contribution in [0.3, 0.4) is 0 Å². The Morgan fingerprint density at radius 2 is 1.71 bits per heavy atom. The molecule has 1 aliphatic rings. The molecule has 0 aliphatic carbocycles. The SMILES string of the molecule is COC(=O)c1ccc2c(c1)NC(=O)/C2=C(\Nc1ccc(CNCC(=O)O)cc1)c1ccccc1. The second-order valence-corrected chi connectivity index (χ2v) is 7.64. The average molecular weight is 457 g/mol. The quantitative estimate of drug-likeness (QED) is 0.302. The fraction of sp³-hybridized carbons (Fsp3) is 0.115. The van der Waals surface area contributed by atoms with E-state index < -0.39 is 11.9 Å². The number of carbonyl (C=O) groups excluding carboxylic acids is 2. The first-order valence-corrected chi connectivity index (χ1v) is 10.6. The fourth-order valence-electron chi connectivity index (χ4n) is 3.71. The molecule has 1 amide bonds. The van der Waals surface area contributed by atoms with Crippen LogP contribution in [-0.4, -0.2) is 36.6 Å². The number of carbonyl (C=O) groups is 3. The number of amides is 1. The van der Waals surface area contributed by atoms with E-state index >= 15 is 0 Å². The summed E-state index contributed by atoms with van der Waals surface area (Å²) >= 11 is 0. The van der Waals surface area contributed by atoms with E-state index in [2.05, 4.69) is 16.0 Å². The van der Waals surface area contributed by atoms with Gasteiger partial charge in [-0.2, -0.15) is 0 Å². The summed E-state index contributed by atoms with van der Waals surface area (Å²) < 4.78 is 4.78. The smallest absolute Gasteiger partial charge is 0.337 e. The highest BCUT2D eigenvalue weighted by molar-refractivity contribution is 6.37. The molecule has 0 spiro atoms. The molecule has 0 fully saturated rings. The second-order valence-electron chi connectivity index (χ2n) is 7.64. The standard InChI is InChI=1S/C26H23N3O5/c1-34-26(33)18-9-12-20-21(13-18)29-25(32)23(20)24(17-5-3-2-4-6-17)28-19-10-7-16(8-11-19)14-27-15-22(30)31/h2-13,27-28H,14-15H2,1H3,(H,29,32)(H,30,31)/b24-23-. The first-order valence-electron chi connectivity index (χ1n) is 10.6. The van der Waals surface area contributed by atoms with Gasteiger partial charge in [-0.05, 0) is 35.4 Å². The molecule has 34 heavy (non-hydrogen) atoms. The Hall–Kier alpha value is -4.43. The number of aliphatic carboxylic acids is 1. The fourth-order valence-corrected chi connectivity index (χ4v) is 3.71. The van der Waals surface area contributed by atoms with E-state index in [-0.39, 0.29) is 12.5 Å². The monoisotopic (exact) mass is 457 g/mol. The van der Waals surface area contributed by atoms with Crippen molar-refractivity contribution in [3.8, 4) is 0 Å². The molecule has 1 aliphatic heterocycles. The number of ether oxygens (including phenoxy) is 1. The number of methoxy groups -OCH3 is 1. The zero-order valence-corrected chi connectivity index (χ0v) is 18.4. The van der Waals surface area contributed by atoms with Crippen molar-refractivity contribution in [3.05, 3.63) is 95.1 Å². The van der Waals surface area contributed by atoms with Gasteiger partial charge in [-0.15, -0.1) is 0 Å². The predicted octanol–water partition coefficient (Wildman–Crippen LogP) is 3.58. The molecule has 172 valence electrons. The van der Waals surface area contributed by atoms with Crippen LogP contribution in [0.5, 0.6) is 0 Å². The highest BCUT2D eigenvalue weighted by Crippen LogP contribution is 2.38. The van der Waals surface area contributed by atoms with E-state index in [9.17, 15) is 14.4 Å². The van der Waals surface area contributed by atoms with Crippen molar-refractivity contribution < 1.29 is 24.2 Å². The summed E-state index contributed by atoms with van der Waals surface area (Å²) in [6.07, 6.45) is 0. The number of carboxylic acid groups (broad SMARTS) is 1.